The predicted octanol–water partition coefficient (Wildman–Crippen LogP) is -1.09. The molecule has 0 aliphatic rings. The Morgan fingerprint density at radius 3 is 1.82 bits per heavy atom. The average Bonchev–Trinajstić information content (AvgIpc) is 1.87. The number of hydrogen-bond acceptors (Lipinski definition) is 4. The first-order valence-corrected chi connectivity index (χ1v) is 3.16. The van der Waals surface area contributed by atoms with E-state index in [0.29, 0.717) is 0 Å². The number of aliphatic carboxylic acids is 1. The quantitative estimate of drug-likeness (QED) is 0.397. The topological polar surface area (TPSA) is 98.0 Å². The van der Waals surface area contributed by atoms with Crippen molar-refractivity contribution in [2.75, 3.05) is 0 Å². The van der Waals surface area contributed by atoms with Crippen molar-refractivity contribution in [2.45, 2.75) is 31.7 Å². The van der Waals surface area contributed by atoms with Crippen LogP contribution in [-0.4, -0.2) is 37.8 Å². The maximum Gasteiger partial charge on any atom is 0.367 e. The second-order valence-electron chi connectivity index (χ2n) is 2.60. The lowest BCUT2D eigenvalue weighted by Gasteiger charge is -2.31. The van der Waals surface area contributed by atoms with Crippen LogP contribution < -0.4 is 0 Å². The van der Waals surface area contributed by atoms with Crippen molar-refractivity contribution < 1.29 is 25.2 Å². The molecule has 1 unspecified atom stereocenters. The minimum Gasteiger partial charge on any atom is -0.477 e. The van der Waals surface area contributed by atoms with Crippen LogP contribution >= 0.6 is 0 Å². The molecule has 0 spiro atoms. The van der Waals surface area contributed by atoms with Gasteiger partial charge in [-0.25, -0.2) is 4.79 Å². The third kappa shape index (κ3) is 1.68. The van der Waals surface area contributed by atoms with Crippen molar-refractivity contribution >= 4 is 5.97 Å². The van der Waals surface area contributed by atoms with Gasteiger partial charge in [0.15, 0.2) is 0 Å². The van der Waals surface area contributed by atoms with E-state index in [1.54, 1.807) is 0 Å². The SMILES string of the molecule is CCC(C)(O)C(O)(O)C(=O)O. The molecule has 0 aliphatic heterocycles. The van der Waals surface area contributed by atoms with E-state index in [2.05, 4.69) is 0 Å². The van der Waals surface area contributed by atoms with Gasteiger partial charge in [-0.3, -0.25) is 0 Å². The number of hydrogen-bond donors (Lipinski definition) is 4. The van der Waals surface area contributed by atoms with Gasteiger partial charge in [-0.15, -0.1) is 0 Å². The zero-order valence-electron chi connectivity index (χ0n) is 6.40. The van der Waals surface area contributed by atoms with Gasteiger partial charge in [-0.05, 0) is 13.3 Å². The summed E-state index contributed by atoms with van der Waals surface area (Å²) in [7, 11) is 0. The summed E-state index contributed by atoms with van der Waals surface area (Å²) in [4.78, 5) is 10.2. The molecule has 1 atom stereocenters. The third-order valence-electron chi connectivity index (χ3n) is 1.74. The van der Waals surface area contributed by atoms with Gasteiger partial charge in [-0.2, -0.15) is 0 Å². The van der Waals surface area contributed by atoms with Crippen LogP contribution in [0, 0.1) is 0 Å². The molecule has 0 aromatic rings. The van der Waals surface area contributed by atoms with Gasteiger partial charge < -0.3 is 20.4 Å². The highest BCUT2D eigenvalue weighted by Gasteiger charge is 2.50. The van der Waals surface area contributed by atoms with Crippen molar-refractivity contribution in [1.82, 2.24) is 0 Å². The van der Waals surface area contributed by atoms with Gasteiger partial charge >= 0.3 is 5.97 Å². The van der Waals surface area contributed by atoms with E-state index in [0.717, 1.165) is 6.92 Å². The zero-order chi connectivity index (χ0) is 9.28. The molecule has 0 aromatic carbocycles. The molecule has 11 heavy (non-hydrogen) atoms. The number of carboxylic acids is 1. The summed E-state index contributed by atoms with van der Waals surface area (Å²) in [6.45, 7) is 2.49. The molecule has 0 saturated carbocycles. The van der Waals surface area contributed by atoms with Crippen LogP contribution in [0.3, 0.4) is 0 Å². The Hall–Kier alpha value is -0.650. The van der Waals surface area contributed by atoms with Gasteiger partial charge in [-0.1, -0.05) is 6.92 Å². The Morgan fingerprint density at radius 1 is 1.36 bits per heavy atom. The third-order valence-corrected chi connectivity index (χ3v) is 1.74. The molecular formula is C6H12O5. The predicted molar refractivity (Wildman–Crippen MR) is 35.7 cm³/mol. The van der Waals surface area contributed by atoms with Crippen molar-refractivity contribution in [3.05, 3.63) is 0 Å². The summed E-state index contributed by atoms with van der Waals surface area (Å²) < 4.78 is 0. The summed E-state index contributed by atoms with van der Waals surface area (Å²) in [6, 6.07) is 0. The first-order chi connectivity index (χ1) is 4.75. The van der Waals surface area contributed by atoms with Crippen LogP contribution in [-0.2, 0) is 4.79 Å². The molecule has 0 aromatic heterocycles. The second-order valence-corrected chi connectivity index (χ2v) is 2.60. The Labute approximate surface area is 63.9 Å². The lowest BCUT2D eigenvalue weighted by molar-refractivity contribution is -0.267. The van der Waals surface area contributed by atoms with E-state index in [-0.39, 0.29) is 6.42 Å². The van der Waals surface area contributed by atoms with Crippen LogP contribution in [0.25, 0.3) is 0 Å². The van der Waals surface area contributed by atoms with E-state index in [1.165, 1.54) is 6.92 Å². The van der Waals surface area contributed by atoms with Crippen molar-refractivity contribution in [1.29, 1.82) is 0 Å². The van der Waals surface area contributed by atoms with E-state index in [9.17, 15) is 4.79 Å². The molecular weight excluding hydrogens is 152 g/mol. The number of carbonyl (C=O) groups is 1. The van der Waals surface area contributed by atoms with Crippen molar-refractivity contribution in [3.8, 4) is 0 Å². The second kappa shape index (κ2) is 2.77. The highest BCUT2D eigenvalue weighted by Crippen LogP contribution is 2.22. The summed E-state index contributed by atoms with van der Waals surface area (Å²) >= 11 is 0. The largest absolute Gasteiger partial charge is 0.477 e. The number of aliphatic hydroxyl groups is 3. The molecule has 5 heteroatoms. The smallest absolute Gasteiger partial charge is 0.367 e. The van der Waals surface area contributed by atoms with E-state index in [4.69, 9.17) is 20.4 Å². The monoisotopic (exact) mass is 164 g/mol. The molecule has 0 amide bonds. The van der Waals surface area contributed by atoms with Gasteiger partial charge in [0.2, 0.25) is 0 Å². The highest BCUT2D eigenvalue weighted by atomic mass is 16.6. The first kappa shape index (κ1) is 10.3. The number of rotatable bonds is 3. The van der Waals surface area contributed by atoms with Gasteiger partial charge in [0.05, 0.1) is 0 Å². The van der Waals surface area contributed by atoms with Crippen LogP contribution in [0.15, 0.2) is 0 Å². The first-order valence-electron chi connectivity index (χ1n) is 3.16. The molecule has 0 rings (SSSR count). The Morgan fingerprint density at radius 2 is 1.73 bits per heavy atom. The fourth-order valence-corrected chi connectivity index (χ4v) is 0.477. The van der Waals surface area contributed by atoms with Gasteiger partial charge in [0.25, 0.3) is 5.79 Å². The molecule has 5 nitrogen and oxygen atoms in total. The fraction of sp³-hybridized carbons (Fsp3) is 0.833. The van der Waals surface area contributed by atoms with E-state index < -0.39 is 17.4 Å². The standard InChI is InChI=1S/C6H12O5/c1-3-5(2,9)6(10,11)4(7)8/h9-11H,3H2,1-2H3,(H,7,8). The maximum atomic E-state index is 10.2. The van der Waals surface area contributed by atoms with Crippen LogP contribution in [0.4, 0.5) is 0 Å². The Kier molecular flexibility index (Phi) is 2.60. The summed E-state index contributed by atoms with van der Waals surface area (Å²) in [5.74, 6) is -4.94. The fourth-order valence-electron chi connectivity index (χ4n) is 0.477. The van der Waals surface area contributed by atoms with Crippen molar-refractivity contribution in [3.63, 3.8) is 0 Å². The van der Waals surface area contributed by atoms with Crippen LogP contribution in [0.2, 0.25) is 0 Å². The molecule has 66 valence electrons. The molecule has 4 N–H and O–H groups in total. The molecule has 0 heterocycles. The van der Waals surface area contributed by atoms with Gasteiger partial charge in [0.1, 0.15) is 5.60 Å². The minimum atomic E-state index is -3.08. The zero-order valence-corrected chi connectivity index (χ0v) is 6.40. The molecule has 0 aliphatic carbocycles. The Bertz CT molecular complexity index is 160. The summed E-state index contributed by atoms with van der Waals surface area (Å²) in [6.07, 6.45) is -0.0632. The molecule has 0 radical (unpaired) electrons. The van der Waals surface area contributed by atoms with E-state index >= 15 is 0 Å². The molecule has 0 fully saturated rings. The Balaban J connectivity index is 4.67. The average molecular weight is 164 g/mol. The van der Waals surface area contributed by atoms with E-state index in [1.807, 2.05) is 0 Å². The van der Waals surface area contributed by atoms with Crippen LogP contribution in [0.5, 0.6) is 0 Å². The van der Waals surface area contributed by atoms with Crippen LogP contribution in [0.1, 0.15) is 20.3 Å². The maximum absolute atomic E-state index is 10.2. The summed E-state index contributed by atoms with van der Waals surface area (Å²) in [5.41, 5.74) is -2.03. The molecule has 0 bridgehead atoms. The van der Waals surface area contributed by atoms with Crippen molar-refractivity contribution in [2.24, 2.45) is 0 Å². The van der Waals surface area contributed by atoms with Gasteiger partial charge in [0, 0.05) is 0 Å². The lowest BCUT2D eigenvalue weighted by atomic mass is 9.92. The molecule has 0 saturated heterocycles. The lowest BCUT2D eigenvalue weighted by Crippen LogP contribution is -2.57. The highest BCUT2D eigenvalue weighted by molar-refractivity contribution is 5.76. The number of carboxylic acid groups (broad SMARTS) is 1. The normalized spacial score (nSPS) is 17.5. The minimum absolute atomic E-state index is 0.0632. The summed E-state index contributed by atoms with van der Waals surface area (Å²) in [5, 5.41) is 35.0.